The van der Waals surface area contributed by atoms with Crippen LogP contribution in [0.25, 0.3) is 22.2 Å². The predicted molar refractivity (Wildman–Crippen MR) is 131 cm³/mol. The molecule has 35 heavy (non-hydrogen) atoms. The maximum atomic E-state index is 13.2. The molecular formula is C25H27N3O7. The number of hydrogen-bond acceptors (Lipinski definition) is 7. The van der Waals surface area contributed by atoms with Gasteiger partial charge in [0, 0.05) is 28.8 Å². The van der Waals surface area contributed by atoms with Gasteiger partial charge in [-0.05, 0) is 65.3 Å². The van der Waals surface area contributed by atoms with Crippen molar-refractivity contribution >= 4 is 40.8 Å². The average molecular weight is 482 g/mol. The van der Waals surface area contributed by atoms with Crippen LogP contribution in [-0.2, 0) is 9.47 Å². The van der Waals surface area contributed by atoms with Crippen LogP contribution in [0.3, 0.4) is 0 Å². The van der Waals surface area contributed by atoms with E-state index in [1.807, 2.05) is 0 Å². The van der Waals surface area contributed by atoms with Crippen molar-refractivity contribution in [1.82, 2.24) is 4.57 Å². The Morgan fingerprint density at radius 2 is 1.57 bits per heavy atom. The van der Waals surface area contributed by atoms with Gasteiger partial charge in [-0.2, -0.15) is 0 Å². The molecule has 0 unspecified atom stereocenters. The summed E-state index contributed by atoms with van der Waals surface area (Å²) in [7, 11) is 0. The Bertz CT molecular complexity index is 1310. The normalized spacial score (nSPS) is 11.7. The van der Waals surface area contributed by atoms with Crippen molar-refractivity contribution in [3.8, 4) is 11.3 Å². The molecule has 0 radical (unpaired) electrons. The minimum absolute atomic E-state index is 0.0995. The van der Waals surface area contributed by atoms with Crippen molar-refractivity contribution in [2.24, 2.45) is 0 Å². The molecule has 0 bridgehead atoms. The van der Waals surface area contributed by atoms with Crippen LogP contribution >= 0.6 is 0 Å². The number of ether oxygens (including phenoxy) is 2. The summed E-state index contributed by atoms with van der Waals surface area (Å²) in [6.07, 6.45) is -0.820. The second kappa shape index (κ2) is 9.21. The van der Waals surface area contributed by atoms with Crippen LogP contribution in [0.15, 0.2) is 42.5 Å². The zero-order valence-corrected chi connectivity index (χ0v) is 20.4. The van der Waals surface area contributed by atoms with Crippen molar-refractivity contribution in [1.29, 1.82) is 0 Å². The van der Waals surface area contributed by atoms with Crippen LogP contribution in [0.1, 0.15) is 51.9 Å². The van der Waals surface area contributed by atoms with Crippen molar-refractivity contribution in [2.75, 3.05) is 5.32 Å². The maximum Gasteiger partial charge on any atom is 0.419 e. The Kier molecular flexibility index (Phi) is 6.68. The van der Waals surface area contributed by atoms with Crippen LogP contribution < -0.4 is 5.32 Å². The fourth-order valence-electron chi connectivity index (χ4n) is 3.45. The number of benzene rings is 2. The Morgan fingerprint density at radius 3 is 2.09 bits per heavy atom. The van der Waals surface area contributed by atoms with Gasteiger partial charge in [0.1, 0.15) is 11.2 Å². The van der Waals surface area contributed by atoms with Crippen molar-refractivity contribution < 1.29 is 28.8 Å². The third kappa shape index (κ3) is 5.84. The quantitative estimate of drug-likeness (QED) is 0.268. The number of aldehydes is 1. The second-order valence-electron chi connectivity index (χ2n) is 9.86. The van der Waals surface area contributed by atoms with Gasteiger partial charge in [0.15, 0.2) is 6.29 Å². The number of hydrogen-bond donors (Lipinski definition) is 1. The van der Waals surface area contributed by atoms with E-state index in [0.717, 1.165) is 0 Å². The molecular weight excluding hydrogens is 454 g/mol. The molecule has 3 aromatic rings. The monoisotopic (exact) mass is 481 g/mol. The molecule has 10 nitrogen and oxygen atoms in total. The van der Waals surface area contributed by atoms with Crippen molar-refractivity contribution in [3.63, 3.8) is 0 Å². The van der Waals surface area contributed by atoms with Gasteiger partial charge in [-0.1, -0.05) is 12.1 Å². The number of anilines is 1. The van der Waals surface area contributed by atoms with E-state index in [1.165, 1.54) is 22.8 Å². The van der Waals surface area contributed by atoms with E-state index in [1.54, 1.807) is 65.8 Å². The van der Waals surface area contributed by atoms with Crippen LogP contribution in [0.2, 0.25) is 0 Å². The molecule has 0 aliphatic heterocycles. The minimum atomic E-state index is -0.825. The lowest BCUT2D eigenvalue weighted by molar-refractivity contribution is -0.384. The van der Waals surface area contributed by atoms with E-state index < -0.39 is 28.3 Å². The summed E-state index contributed by atoms with van der Waals surface area (Å²) in [5.41, 5.74) is -0.203. The summed E-state index contributed by atoms with van der Waals surface area (Å²) in [6, 6.07) is 10.3. The highest BCUT2D eigenvalue weighted by Crippen LogP contribution is 2.36. The van der Waals surface area contributed by atoms with Gasteiger partial charge >= 0.3 is 12.2 Å². The van der Waals surface area contributed by atoms with Crippen LogP contribution in [0, 0.1) is 10.1 Å². The van der Waals surface area contributed by atoms with E-state index in [-0.39, 0.29) is 27.8 Å². The molecule has 1 N–H and O–H groups in total. The zero-order valence-electron chi connectivity index (χ0n) is 20.4. The number of carbonyl (C=O) groups excluding carboxylic acids is 3. The number of aromatic nitrogens is 1. The number of amides is 1. The van der Waals surface area contributed by atoms with Gasteiger partial charge in [0.25, 0.3) is 5.69 Å². The molecule has 0 aliphatic rings. The van der Waals surface area contributed by atoms with E-state index in [2.05, 4.69) is 5.32 Å². The molecule has 1 amide bonds. The number of nitrogens with zero attached hydrogens (tertiary/aromatic N) is 2. The van der Waals surface area contributed by atoms with E-state index in [4.69, 9.17) is 9.47 Å². The second-order valence-corrected chi connectivity index (χ2v) is 9.86. The Labute approximate surface area is 202 Å². The fraction of sp³-hybridized carbons (Fsp3) is 0.320. The fourth-order valence-corrected chi connectivity index (χ4v) is 3.45. The zero-order chi connectivity index (χ0) is 26.1. The first-order valence-electron chi connectivity index (χ1n) is 10.8. The molecule has 0 aliphatic carbocycles. The summed E-state index contributed by atoms with van der Waals surface area (Å²) in [6.45, 7) is 10.4. The first kappa shape index (κ1) is 25.4. The van der Waals surface area contributed by atoms with Crippen LogP contribution in [-0.4, -0.2) is 39.2 Å². The first-order chi connectivity index (χ1) is 16.2. The molecule has 1 heterocycles. The average Bonchev–Trinajstić information content (AvgIpc) is 3.05. The third-order valence-electron chi connectivity index (χ3n) is 4.70. The number of carbonyl (C=O) groups is 3. The van der Waals surface area contributed by atoms with Gasteiger partial charge in [0.2, 0.25) is 0 Å². The number of nitro benzene ring substituents is 1. The highest BCUT2D eigenvalue weighted by atomic mass is 16.6. The van der Waals surface area contributed by atoms with E-state index in [9.17, 15) is 24.5 Å². The molecule has 2 aromatic carbocycles. The van der Waals surface area contributed by atoms with Gasteiger partial charge in [-0.3, -0.25) is 20.2 Å². The van der Waals surface area contributed by atoms with E-state index in [0.29, 0.717) is 17.5 Å². The number of nitro groups is 1. The molecule has 0 fully saturated rings. The molecule has 0 atom stereocenters. The van der Waals surface area contributed by atoms with Gasteiger partial charge in [0.05, 0.1) is 16.1 Å². The standard InChI is InChI=1S/C25H27N3O7/c1-24(2,3)34-22(30)26-16-9-7-15(8-10-16)21-19(14-29)18-13-17(28(32)33)11-12-20(18)27(21)23(31)35-25(4,5)6/h7-14H,1-6H3,(H,26,30). The molecule has 0 saturated carbocycles. The lowest BCUT2D eigenvalue weighted by atomic mass is 10.1. The lowest BCUT2D eigenvalue weighted by Crippen LogP contribution is -2.27. The number of non-ortho nitro benzene ring substituents is 1. The summed E-state index contributed by atoms with van der Waals surface area (Å²) >= 11 is 0. The Hall–Kier alpha value is -4.21. The SMILES string of the molecule is CC(C)(C)OC(=O)Nc1ccc(-c2c(C=O)c3cc([N+](=O)[O-])ccc3n2C(=O)OC(C)(C)C)cc1. The summed E-state index contributed by atoms with van der Waals surface area (Å²) in [5, 5.41) is 14.2. The summed E-state index contributed by atoms with van der Waals surface area (Å²) in [4.78, 5) is 48.1. The van der Waals surface area contributed by atoms with Gasteiger partial charge in [-0.25, -0.2) is 14.2 Å². The number of fused-ring (bicyclic) bond motifs is 1. The predicted octanol–water partition coefficient (Wildman–Crippen LogP) is 6.16. The maximum absolute atomic E-state index is 13.2. The Morgan fingerprint density at radius 1 is 0.971 bits per heavy atom. The molecule has 3 rings (SSSR count). The molecule has 184 valence electrons. The topological polar surface area (TPSA) is 130 Å². The molecule has 1 aromatic heterocycles. The number of rotatable bonds is 4. The minimum Gasteiger partial charge on any atom is -0.444 e. The summed E-state index contributed by atoms with van der Waals surface area (Å²) < 4.78 is 12.0. The smallest absolute Gasteiger partial charge is 0.419 e. The third-order valence-corrected chi connectivity index (χ3v) is 4.70. The first-order valence-corrected chi connectivity index (χ1v) is 10.8. The highest BCUT2D eigenvalue weighted by molar-refractivity contribution is 6.09. The Balaban J connectivity index is 2.15. The largest absolute Gasteiger partial charge is 0.444 e. The molecule has 0 spiro atoms. The lowest BCUT2D eigenvalue weighted by Gasteiger charge is -2.21. The van der Waals surface area contributed by atoms with Crippen LogP contribution in [0.5, 0.6) is 0 Å². The summed E-state index contributed by atoms with van der Waals surface area (Å²) in [5.74, 6) is 0. The molecule has 0 saturated heterocycles. The number of nitrogens with one attached hydrogen (secondary N) is 1. The van der Waals surface area contributed by atoms with Crippen molar-refractivity contribution in [3.05, 3.63) is 58.1 Å². The highest BCUT2D eigenvalue weighted by Gasteiger charge is 2.27. The van der Waals surface area contributed by atoms with Crippen molar-refractivity contribution in [2.45, 2.75) is 52.7 Å². The van der Waals surface area contributed by atoms with Crippen LogP contribution in [0.4, 0.5) is 21.0 Å². The molecule has 10 heteroatoms. The van der Waals surface area contributed by atoms with E-state index >= 15 is 0 Å². The van der Waals surface area contributed by atoms with Gasteiger partial charge in [-0.15, -0.1) is 0 Å². The van der Waals surface area contributed by atoms with Gasteiger partial charge < -0.3 is 9.47 Å².